The second-order valence-corrected chi connectivity index (χ2v) is 1.83. The van der Waals surface area contributed by atoms with Crippen LogP contribution in [-0.4, -0.2) is 0 Å². The third-order valence-electron chi connectivity index (χ3n) is 1.19. The molecule has 0 saturated carbocycles. The van der Waals surface area contributed by atoms with E-state index in [2.05, 4.69) is 20.5 Å². The fraction of sp³-hybridized carbons (Fsp3) is 0. The molecule has 0 atom stereocenters. The number of azo groups is 2. The minimum Gasteiger partial charge on any atom is -0.158 e. The van der Waals surface area contributed by atoms with Crippen LogP contribution in [-0.2, 0) is 0 Å². The highest BCUT2D eigenvalue weighted by Gasteiger charge is 2.04. The van der Waals surface area contributed by atoms with Gasteiger partial charge in [-0.15, -0.1) is 10.2 Å². The molecule has 2 heterocycles. The summed E-state index contributed by atoms with van der Waals surface area (Å²) < 4.78 is 0. The lowest BCUT2D eigenvalue weighted by Gasteiger charge is -1.85. The van der Waals surface area contributed by atoms with E-state index in [-0.39, 0.29) is 0 Å². The lowest BCUT2D eigenvalue weighted by Crippen LogP contribution is -1.72. The summed E-state index contributed by atoms with van der Waals surface area (Å²) in [5, 5.41) is 14.9. The molecule has 4 heteroatoms. The van der Waals surface area contributed by atoms with Crippen molar-refractivity contribution in [3.63, 3.8) is 0 Å². The summed E-state index contributed by atoms with van der Waals surface area (Å²) in [5.41, 5.74) is 1.55. The Labute approximate surface area is 57.4 Å². The number of rotatable bonds is 0. The predicted molar refractivity (Wildman–Crippen MR) is 35.0 cm³/mol. The van der Waals surface area contributed by atoms with Gasteiger partial charge in [-0.2, -0.15) is 10.2 Å². The molecule has 10 heavy (non-hydrogen) atoms. The van der Waals surface area contributed by atoms with Crippen molar-refractivity contribution in [3.05, 3.63) is 35.9 Å². The molecule has 0 unspecified atom stereocenters. The first-order valence-electron chi connectivity index (χ1n) is 2.86. The van der Waals surface area contributed by atoms with Gasteiger partial charge in [-0.25, -0.2) is 0 Å². The Balaban J connectivity index is 2.46. The molecule has 0 radical (unpaired) electrons. The molecule has 0 saturated heterocycles. The smallest absolute Gasteiger partial charge is 0.115 e. The molecule has 0 amide bonds. The van der Waals surface area contributed by atoms with Crippen molar-refractivity contribution in [1.82, 2.24) is 0 Å². The Hall–Kier alpha value is -1.58. The zero-order valence-corrected chi connectivity index (χ0v) is 5.10. The van der Waals surface area contributed by atoms with E-state index >= 15 is 0 Å². The molecule has 2 rings (SSSR count). The maximum absolute atomic E-state index is 3.81. The van der Waals surface area contributed by atoms with Gasteiger partial charge >= 0.3 is 0 Å². The lowest BCUT2D eigenvalue weighted by atomic mass is 10.3. The molecule has 2 aliphatic heterocycles. The second-order valence-electron chi connectivity index (χ2n) is 1.83. The average Bonchev–Trinajstić information content (AvgIpc) is 2.59. The van der Waals surface area contributed by atoms with E-state index in [1.807, 2.05) is 0 Å². The summed E-state index contributed by atoms with van der Waals surface area (Å²) in [6, 6.07) is 0. The minimum atomic E-state index is 0.775. The van der Waals surface area contributed by atoms with Gasteiger partial charge in [0, 0.05) is 0 Å². The Kier molecular flexibility index (Phi) is 1.04. The highest BCUT2D eigenvalue weighted by atomic mass is 15.2. The molecule has 0 spiro atoms. The van der Waals surface area contributed by atoms with Gasteiger partial charge in [-0.1, -0.05) is 0 Å². The third kappa shape index (κ3) is 0.699. The molecular weight excluding hydrogens is 128 g/mol. The van der Waals surface area contributed by atoms with E-state index in [0.717, 1.165) is 11.4 Å². The van der Waals surface area contributed by atoms with Crippen molar-refractivity contribution in [3.8, 4) is 0 Å². The van der Waals surface area contributed by atoms with E-state index in [0.29, 0.717) is 0 Å². The maximum Gasteiger partial charge on any atom is 0.115 e. The van der Waals surface area contributed by atoms with Crippen LogP contribution in [0.3, 0.4) is 0 Å². The molecule has 0 N–H and O–H groups in total. The van der Waals surface area contributed by atoms with Crippen LogP contribution in [0.2, 0.25) is 0 Å². The van der Waals surface area contributed by atoms with E-state index < -0.39 is 0 Å². The van der Waals surface area contributed by atoms with Crippen LogP contribution in [0.25, 0.3) is 0 Å². The van der Waals surface area contributed by atoms with Crippen molar-refractivity contribution >= 4 is 0 Å². The topological polar surface area (TPSA) is 49.4 Å². The van der Waals surface area contributed by atoms with Crippen molar-refractivity contribution in [2.75, 3.05) is 0 Å². The molecule has 0 fully saturated rings. The fourth-order valence-corrected chi connectivity index (χ4v) is 0.739. The van der Waals surface area contributed by atoms with Crippen LogP contribution in [0.4, 0.5) is 0 Å². The van der Waals surface area contributed by atoms with Crippen LogP contribution in [0.1, 0.15) is 0 Å². The van der Waals surface area contributed by atoms with Gasteiger partial charge in [-0.3, -0.25) is 0 Å². The van der Waals surface area contributed by atoms with Crippen molar-refractivity contribution in [2.45, 2.75) is 0 Å². The molecule has 48 valence electrons. The molecule has 0 aromatic heterocycles. The first-order chi connectivity index (χ1) is 4.97. The van der Waals surface area contributed by atoms with Crippen LogP contribution in [0, 0.1) is 0 Å². The van der Waals surface area contributed by atoms with E-state index in [1.165, 1.54) is 0 Å². The largest absolute Gasteiger partial charge is 0.158 e. The maximum atomic E-state index is 3.81. The third-order valence-corrected chi connectivity index (χ3v) is 1.19. The fourth-order valence-electron chi connectivity index (χ4n) is 0.739. The minimum absolute atomic E-state index is 0.775. The van der Waals surface area contributed by atoms with Gasteiger partial charge in [0.2, 0.25) is 0 Å². The van der Waals surface area contributed by atoms with Gasteiger partial charge in [-0.05, 0) is 12.2 Å². The quantitative estimate of drug-likeness (QED) is 0.485. The lowest BCUT2D eigenvalue weighted by molar-refractivity contribution is 1.15. The van der Waals surface area contributed by atoms with E-state index in [9.17, 15) is 0 Å². The van der Waals surface area contributed by atoms with E-state index in [4.69, 9.17) is 0 Å². The summed E-state index contributed by atoms with van der Waals surface area (Å²) in [5.74, 6) is 0. The molecule has 4 nitrogen and oxygen atoms in total. The Morgan fingerprint density at radius 2 is 1.30 bits per heavy atom. The zero-order valence-electron chi connectivity index (χ0n) is 5.10. The van der Waals surface area contributed by atoms with Gasteiger partial charge in [0.05, 0.1) is 12.4 Å². The molecule has 0 aromatic carbocycles. The Bertz CT molecular complexity index is 235. The molecular formula is C6H4N4. The van der Waals surface area contributed by atoms with Gasteiger partial charge in [0.1, 0.15) is 11.4 Å². The van der Waals surface area contributed by atoms with Crippen LogP contribution >= 0.6 is 0 Å². The van der Waals surface area contributed by atoms with Crippen LogP contribution in [0.5, 0.6) is 0 Å². The van der Waals surface area contributed by atoms with Crippen molar-refractivity contribution in [2.24, 2.45) is 20.5 Å². The monoisotopic (exact) mass is 132 g/mol. The molecule has 2 aliphatic rings. The standard InChI is InChI=1S/C6H4N4/c1-3-7-9-5(1)6-2-4-8-10-6/h1-4H. The summed E-state index contributed by atoms with van der Waals surface area (Å²) in [4.78, 5) is 0. The molecule has 0 aromatic rings. The summed E-state index contributed by atoms with van der Waals surface area (Å²) in [7, 11) is 0. The highest BCUT2D eigenvalue weighted by Crippen LogP contribution is 2.19. The summed E-state index contributed by atoms with van der Waals surface area (Å²) in [6.07, 6.45) is 6.85. The SMILES string of the molecule is C1=CC(=C2C=CN=N2)N=N1. The summed E-state index contributed by atoms with van der Waals surface area (Å²) in [6.45, 7) is 0. The van der Waals surface area contributed by atoms with Gasteiger partial charge < -0.3 is 0 Å². The van der Waals surface area contributed by atoms with Crippen molar-refractivity contribution < 1.29 is 0 Å². The van der Waals surface area contributed by atoms with Crippen molar-refractivity contribution in [1.29, 1.82) is 0 Å². The normalized spacial score (nSPS) is 27.2. The van der Waals surface area contributed by atoms with Crippen LogP contribution < -0.4 is 0 Å². The van der Waals surface area contributed by atoms with Crippen LogP contribution in [0.15, 0.2) is 56.4 Å². The Morgan fingerprint density at radius 1 is 0.800 bits per heavy atom. The Morgan fingerprint density at radius 3 is 1.60 bits per heavy atom. The summed E-state index contributed by atoms with van der Waals surface area (Å²) >= 11 is 0. The first-order valence-corrected chi connectivity index (χ1v) is 2.86. The number of hydrogen-bond donors (Lipinski definition) is 0. The first kappa shape index (κ1) is 5.22. The number of nitrogens with zero attached hydrogens (tertiary/aromatic N) is 4. The predicted octanol–water partition coefficient (Wildman–Crippen LogP) is 2.16. The highest BCUT2D eigenvalue weighted by molar-refractivity contribution is 5.34. The molecule has 0 bridgehead atoms. The van der Waals surface area contributed by atoms with Gasteiger partial charge in [0.25, 0.3) is 0 Å². The number of allylic oxidation sites excluding steroid dienone is 2. The number of hydrogen-bond acceptors (Lipinski definition) is 4. The van der Waals surface area contributed by atoms with E-state index in [1.54, 1.807) is 24.6 Å². The zero-order chi connectivity index (χ0) is 6.81. The van der Waals surface area contributed by atoms with Gasteiger partial charge in [0.15, 0.2) is 0 Å². The average molecular weight is 132 g/mol. The second kappa shape index (κ2) is 1.98. The molecule has 0 aliphatic carbocycles.